The molecule has 21 heavy (non-hydrogen) atoms. The predicted molar refractivity (Wildman–Crippen MR) is 82.2 cm³/mol. The summed E-state index contributed by atoms with van der Waals surface area (Å²) in [5.74, 6) is -0.594. The SMILES string of the molecule is Cc1ccc([N+](=O)[O-])c(C(=O)Nc2cc(Cl)cc(Cl)c2)c1. The van der Waals surface area contributed by atoms with E-state index in [0.717, 1.165) is 5.56 Å². The summed E-state index contributed by atoms with van der Waals surface area (Å²) in [5.41, 5.74) is 0.838. The minimum absolute atomic E-state index is 0.0175. The van der Waals surface area contributed by atoms with Crippen LogP contribution in [0.15, 0.2) is 36.4 Å². The number of nitrogens with one attached hydrogen (secondary N) is 1. The Balaban J connectivity index is 2.36. The van der Waals surface area contributed by atoms with Crippen LogP contribution in [-0.2, 0) is 0 Å². The highest BCUT2D eigenvalue weighted by Gasteiger charge is 2.20. The lowest BCUT2D eigenvalue weighted by molar-refractivity contribution is -0.385. The van der Waals surface area contributed by atoms with Gasteiger partial charge < -0.3 is 5.32 Å². The average Bonchev–Trinajstić information content (AvgIpc) is 2.36. The number of benzene rings is 2. The molecular formula is C14H10Cl2N2O3. The van der Waals surface area contributed by atoms with Crippen LogP contribution in [-0.4, -0.2) is 10.8 Å². The molecule has 0 heterocycles. The summed E-state index contributed by atoms with van der Waals surface area (Å²) in [4.78, 5) is 22.6. The van der Waals surface area contributed by atoms with Crippen LogP contribution in [0.2, 0.25) is 10.0 Å². The fourth-order valence-electron chi connectivity index (χ4n) is 1.82. The molecule has 0 atom stereocenters. The van der Waals surface area contributed by atoms with Gasteiger partial charge in [0.1, 0.15) is 5.56 Å². The number of halogens is 2. The van der Waals surface area contributed by atoms with E-state index >= 15 is 0 Å². The number of carbonyl (C=O) groups is 1. The van der Waals surface area contributed by atoms with Crippen molar-refractivity contribution in [3.05, 3.63) is 67.7 Å². The van der Waals surface area contributed by atoms with Gasteiger partial charge in [-0.3, -0.25) is 14.9 Å². The molecule has 2 aromatic carbocycles. The largest absolute Gasteiger partial charge is 0.322 e. The lowest BCUT2D eigenvalue weighted by Crippen LogP contribution is -2.14. The Labute approximate surface area is 130 Å². The fraction of sp³-hybridized carbons (Fsp3) is 0.0714. The number of nitro benzene ring substituents is 1. The molecule has 0 saturated carbocycles. The van der Waals surface area contributed by atoms with Crippen molar-refractivity contribution in [3.63, 3.8) is 0 Å². The van der Waals surface area contributed by atoms with E-state index in [1.54, 1.807) is 13.0 Å². The molecule has 0 aliphatic rings. The van der Waals surface area contributed by atoms with Crippen LogP contribution in [0.5, 0.6) is 0 Å². The zero-order valence-electron chi connectivity index (χ0n) is 10.9. The van der Waals surface area contributed by atoms with E-state index < -0.39 is 10.8 Å². The predicted octanol–water partition coefficient (Wildman–Crippen LogP) is 4.46. The molecule has 0 aromatic heterocycles. The number of aryl methyl sites for hydroxylation is 1. The van der Waals surface area contributed by atoms with E-state index in [0.29, 0.717) is 15.7 Å². The summed E-state index contributed by atoms with van der Waals surface area (Å²) in [5, 5.41) is 14.2. The van der Waals surface area contributed by atoms with Crippen molar-refractivity contribution in [2.75, 3.05) is 5.32 Å². The molecule has 0 aliphatic heterocycles. The highest BCUT2D eigenvalue weighted by Crippen LogP contribution is 2.25. The molecule has 108 valence electrons. The minimum Gasteiger partial charge on any atom is -0.322 e. The van der Waals surface area contributed by atoms with Gasteiger partial charge in [-0.2, -0.15) is 0 Å². The van der Waals surface area contributed by atoms with Crippen molar-refractivity contribution < 1.29 is 9.72 Å². The number of hydrogen-bond donors (Lipinski definition) is 1. The zero-order valence-corrected chi connectivity index (χ0v) is 12.4. The number of nitrogens with zero attached hydrogens (tertiary/aromatic N) is 1. The number of carbonyl (C=O) groups excluding carboxylic acids is 1. The maximum atomic E-state index is 12.2. The number of nitro groups is 1. The molecule has 7 heteroatoms. The quantitative estimate of drug-likeness (QED) is 0.669. The van der Waals surface area contributed by atoms with Crippen LogP contribution in [0.25, 0.3) is 0 Å². The summed E-state index contributed by atoms with van der Waals surface area (Å²) in [7, 11) is 0. The van der Waals surface area contributed by atoms with Gasteiger partial charge in [-0.15, -0.1) is 0 Å². The normalized spacial score (nSPS) is 10.2. The third kappa shape index (κ3) is 3.71. The Hall–Kier alpha value is -2.11. The van der Waals surface area contributed by atoms with Gasteiger partial charge in [-0.05, 0) is 36.8 Å². The molecule has 0 aliphatic carbocycles. The highest BCUT2D eigenvalue weighted by molar-refractivity contribution is 6.35. The Morgan fingerprint density at radius 1 is 1.14 bits per heavy atom. The Bertz CT molecular complexity index is 712. The van der Waals surface area contributed by atoms with Crippen LogP contribution in [0.4, 0.5) is 11.4 Å². The lowest BCUT2D eigenvalue weighted by Gasteiger charge is -2.07. The number of amides is 1. The summed E-state index contributed by atoms with van der Waals surface area (Å²) in [6, 6.07) is 8.87. The lowest BCUT2D eigenvalue weighted by atomic mass is 10.1. The Kier molecular flexibility index (Phi) is 4.45. The van der Waals surface area contributed by atoms with Crippen molar-refractivity contribution in [1.29, 1.82) is 0 Å². The van der Waals surface area contributed by atoms with Crippen LogP contribution < -0.4 is 5.32 Å². The molecular weight excluding hydrogens is 315 g/mol. The zero-order chi connectivity index (χ0) is 15.6. The van der Waals surface area contributed by atoms with Gasteiger partial charge in [-0.25, -0.2) is 0 Å². The second-order valence-electron chi connectivity index (χ2n) is 4.39. The maximum absolute atomic E-state index is 12.2. The Morgan fingerprint density at radius 3 is 2.33 bits per heavy atom. The molecule has 0 spiro atoms. The molecule has 1 amide bonds. The molecule has 2 rings (SSSR count). The van der Waals surface area contributed by atoms with Gasteiger partial charge >= 0.3 is 0 Å². The van der Waals surface area contributed by atoms with Crippen molar-refractivity contribution in [2.24, 2.45) is 0 Å². The summed E-state index contributed by atoms with van der Waals surface area (Å²) >= 11 is 11.7. The first kappa shape index (κ1) is 15.3. The standard InChI is InChI=1S/C14H10Cl2N2O3/c1-8-2-3-13(18(20)21)12(4-8)14(19)17-11-6-9(15)5-10(16)7-11/h2-7H,1H3,(H,17,19). The third-order valence-electron chi connectivity index (χ3n) is 2.71. The topological polar surface area (TPSA) is 72.2 Å². The molecule has 0 saturated heterocycles. The van der Waals surface area contributed by atoms with E-state index in [1.165, 1.54) is 30.3 Å². The first-order valence-electron chi connectivity index (χ1n) is 5.89. The molecule has 5 nitrogen and oxygen atoms in total. The van der Waals surface area contributed by atoms with Gasteiger partial charge in [0.05, 0.1) is 4.92 Å². The fourth-order valence-corrected chi connectivity index (χ4v) is 2.34. The third-order valence-corrected chi connectivity index (χ3v) is 3.15. The smallest absolute Gasteiger partial charge is 0.282 e. The first-order chi connectivity index (χ1) is 9.86. The number of rotatable bonds is 3. The molecule has 0 radical (unpaired) electrons. The highest BCUT2D eigenvalue weighted by atomic mass is 35.5. The minimum atomic E-state index is -0.598. The Morgan fingerprint density at radius 2 is 1.76 bits per heavy atom. The summed E-state index contributed by atoms with van der Waals surface area (Å²) in [6.07, 6.45) is 0. The summed E-state index contributed by atoms with van der Waals surface area (Å²) < 4.78 is 0. The van der Waals surface area contributed by atoms with E-state index in [1.807, 2.05) is 0 Å². The van der Waals surface area contributed by atoms with Crippen molar-refractivity contribution in [2.45, 2.75) is 6.92 Å². The van der Waals surface area contributed by atoms with Crippen molar-refractivity contribution >= 4 is 40.5 Å². The monoisotopic (exact) mass is 324 g/mol. The van der Waals surface area contributed by atoms with Crippen LogP contribution >= 0.6 is 23.2 Å². The van der Waals surface area contributed by atoms with Crippen LogP contribution in [0.1, 0.15) is 15.9 Å². The molecule has 1 N–H and O–H groups in total. The molecule has 0 unspecified atom stereocenters. The van der Waals surface area contributed by atoms with Crippen LogP contribution in [0.3, 0.4) is 0 Å². The van der Waals surface area contributed by atoms with Gasteiger partial charge in [0.15, 0.2) is 0 Å². The molecule has 2 aromatic rings. The molecule has 0 bridgehead atoms. The maximum Gasteiger partial charge on any atom is 0.282 e. The second-order valence-corrected chi connectivity index (χ2v) is 5.26. The molecule has 0 fully saturated rings. The van der Waals surface area contributed by atoms with Gasteiger partial charge in [0.25, 0.3) is 11.6 Å². The van der Waals surface area contributed by atoms with E-state index in [2.05, 4.69) is 5.32 Å². The average molecular weight is 325 g/mol. The number of anilines is 1. The van der Waals surface area contributed by atoms with Gasteiger partial charge in [0, 0.05) is 21.8 Å². The first-order valence-corrected chi connectivity index (χ1v) is 6.65. The van der Waals surface area contributed by atoms with Gasteiger partial charge in [0.2, 0.25) is 0 Å². The van der Waals surface area contributed by atoms with Crippen LogP contribution in [0, 0.1) is 17.0 Å². The van der Waals surface area contributed by atoms with Crippen molar-refractivity contribution in [3.8, 4) is 0 Å². The number of hydrogen-bond acceptors (Lipinski definition) is 3. The second kappa shape index (κ2) is 6.11. The van der Waals surface area contributed by atoms with E-state index in [4.69, 9.17) is 23.2 Å². The van der Waals surface area contributed by atoms with Gasteiger partial charge in [-0.1, -0.05) is 29.3 Å². The van der Waals surface area contributed by atoms with Crippen molar-refractivity contribution in [1.82, 2.24) is 0 Å². The van der Waals surface area contributed by atoms with E-state index in [9.17, 15) is 14.9 Å². The summed E-state index contributed by atoms with van der Waals surface area (Å²) in [6.45, 7) is 1.75. The van der Waals surface area contributed by atoms with E-state index in [-0.39, 0.29) is 11.3 Å².